The van der Waals surface area contributed by atoms with Crippen molar-refractivity contribution in [1.82, 2.24) is 14.7 Å². The number of hydrogen-bond donors (Lipinski definition) is 3. The van der Waals surface area contributed by atoms with Gasteiger partial charge in [-0.25, -0.2) is 0 Å². The van der Waals surface area contributed by atoms with Gasteiger partial charge in [-0.05, 0) is 36.4 Å². The molecule has 0 aliphatic heterocycles. The number of nitrogens with zero attached hydrogens (tertiary/aromatic N) is 4. The van der Waals surface area contributed by atoms with Crippen molar-refractivity contribution in [2.45, 2.75) is 0 Å². The fourth-order valence-electron chi connectivity index (χ4n) is 3.23. The molecule has 1 heterocycles. The number of carbonyl (C=O) groups excluding carboxylic acids is 2. The number of amides is 2. The van der Waals surface area contributed by atoms with E-state index in [1.165, 1.54) is 0 Å². The maximum Gasteiger partial charge on any atom is 0.258 e. The molecule has 162 valence electrons. The van der Waals surface area contributed by atoms with Crippen LogP contribution in [0.2, 0.25) is 0 Å². The zero-order valence-electron chi connectivity index (χ0n) is 17.7. The van der Waals surface area contributed by atoms with Gasteiger partial charge in [0.1, 0.15) is 11.3 Å². The van der Waals surface area contributed by atoms with Crippen LogP contribution in [0.5, 0.6) is 0 Å². The van der Waals surface area contributed by atoms with E-state index >= 15 is 0 Å². The van der Waals surface area contributed by atoms with Gasteiger partial charge in [0.25, 0.3) is 11.8 Å². The Hall–Kier alpha value is -4.88. The highest BCUT2D eigenvalue weighted by atomic mass is 16.2. The Morgan fingerprint density at radius 1 is 0.909 bits per heavy atom. The summed E-state index contributed by atoms with van der Waals surface area (Å²) in [5.41, 5.74) is 10.2. The van der Waals surface area contributed by atoms with Gasteiger partial charge in [-0.15, -0.1) is 0 Å². The maximum atomic E-state index is 12.6. The molecule has 2 amide bonds. The fourth-order valence-corrected chi connectivity index (χ4v) is 3.23. The predicted octanol–water partition coefficient (Wildman–Crippen LogP) is 4.77. The summed E-state index contributed by atoms with van der Waals surface area (Å²) in [5, 5.41) is 13.8. The summed E-state index contributed by atoms with van der Waals surface area (Å²) >= 11 is 0. The third kappa shape index (κ3) is 4.90. The van der Waals surface area contributed by atoms with Crippen LogP contribution in [-0.4, -0.2) is 21.6 Å². The summed E-state index contributed by atoms with van der Waals surface area (Å²) in [6.07, 6.45) is 0. The first-order chi connectivity index (χ1) is 16.0. The van der Waals surface area contributed by atoms with Crippen molar-refractivity contribution in [3.63, 3.8) is 0 Å². The molecule has 3 N–H and O–H groups in total. The first kappa shape index (κ1) is 21.4. The number of aryl methyl sites for hydroxylation is 1. The number of carbonyl (C=O) groups is 2. The lowest BCUT2D eigenvalue weighted by molar-refractivity contribution is 0.101. The zero-order chi connectivity index (χ0) is 23.2. The summed E-state index contributed by atoms with van der Waals surface area (Å²) in [7, 11) is 1.75. The predicted molar refractivity (Wildman–Crippen MR) is 124 cm³/mol. The second-order valence-electron chi connectivity index (χ2n) is 7.11. The van der Waals surface area contributed by atoms with Crippen LogP contribution in [0.15, 0.2) is 90.0 Å². The molecule has 3 aromatic carbocycles. The van der Waals surface area contributed by atoms with Crippen molar-refractivity contribution in [2.75, 3.05) is 10.6 Å². The average Bonchev–Trinajstić information content (AvgIpc) is 3.20. The molecule has 4 aromatic rings. The maximum absolute atomic E-state index is 12.6. The lowest BCUT2D eigenvalue weighted by Crippen LogP contribution is -2.14. The van der Waals surface area contributed by atoms with Crippen molar-refractivity contribution in [3.8, 4) is 11.3 Å². The highest BCUT2D eigenvalue weighted by Crippen LogP contribution is 2.24. The summed E-state index contributed by atoms with van der Waals surface area (Å²) in [6, 6.07) is 24.6. The van der Waals surface area contributed by atoms with E-state index in [0.717, 1.165) is 5.56 Å². The van der Waals surface area contributed by atoms with Crippen molar-refractivity contribution in [2.24, 2.45) is 12.2 Å². The molecule has 9 heteroatoms. The first-order valence-electron chi connectivity index (χ1n) is 10.0. The third-order valence-corrected chi connectivity index (χ3v) is 4.90. The van der Waals surface area contributed by atoms with Crippen LogP contribution in [0.25, 0.3) is 11.3 Å². The molecule has 0 aliphatic rings. The Morgan fingerprint density at radius 3 is 2.33 bits per heavy atom. The zero-order valence-corrected chi connectivity index (χ0v) is 17.7. The van der Waals surface area contributed by atoms with E-state index in [1.807, 2.05) is 30.3 Å². The topological polar surface area (TPSA) is 126 Å². The molecule has 1 aromatic heterocycles. The average molecular weight is 438 g/mol. The van der Waals surface area contributed by atoms with Gasteiger partial charge in [0.15, 0.2) is 10.8 Å². The fraction of sp³-hybridized carbons (Fsp3) is 0.0417. The lowest BCUT2D eigenvalue weighted by atomic mass is 10.1. The van der Waals surface area contributed by atoms with Crippen LogP contribution >= 0.6 is 0 Å². The van der Waals surface area contributed by atoms with Gasteiger partial charge in [-0.1, -0.05) is 42.5 Å². The Bertz CT molecular complexity index is 1360. The van der Waals surface area contributed by atoms with Crippen LogP contribution in [0.3, 0.4) is 0 Å². The smallest absolute Gasteiger partial charge is 0.258 e. The van der Waals surface area contributed by atoms with Crippen molar-refractivity contribution >= 4 is 29.0 Å². The monoisotopic (exact) mass is 438 g/mol. The van der Waals surface area contributed by atoms with E-state index in [2.05, 4.69) is 25.8 Å². The van der Waals surface area contributed by atoms with Crippen LogP contribution in [0.4, 0.5) is 17.2 Å². The molecule has 0 fully saturated rings. The molecule has 0 aliphatic carbocycles. The van der Waals surface area contributed by atoms with Crippen molar-refractivity contribution in [3.05, 3.63) is 96.1 Å². The number of benzene rings is 3. The minimum atomic E-state index is -0.352. The number of aromatic nitrogens is 2. The van der Waals surface area contributed by atoms with E-state index in [1.54, 1.807) is 66.3 Å². The highest BCUT2D eigenvalue weighted by Gasteiger charge is 2.15. The highest BCUT2D eigenvalue weighted by molar-refractivity contribution is 6.07. The molecule has 4 rings (SSSR count). The Balaban J connectivity index is 1.48. The second kappa shape index (κ2) is 9.51. The Morgan fingerprint density at radius 2 is 1.61 bits per heavy atom. The number of nitrogens with one attached hydrogen (secondary N) is 3. The summed E-state index contributed by atoms with van der Waals surface area (Å²) in [4.78, 5) is 28.0. The molecule has 9 nitrogen and oxygen atoms in total. The van der Waals surface area contributed by atoms with Crippen molar-refractivity contribution in [1.29, 1.82) is 5.53 Å². The van der Waals surface area contributed by atoms with Gasteiger partial charge >= 0.3 is 0 Å². The molecular weight excluding hydrogens is 418 g/mol. The Labute approximate surface area is 189 Å². The quantitative estimate of drug-likeness (QED) is 0.296. The number of anilines is 2. The largest absolute Gasteiger partial charge is 0.322 e. The molecule has 0 atom stereocenters. The second-order valence-corrected chi connectivity index (χ2v) is 7.11. The molecule has 0 spiro atoms. The van der Waals surface area contributed by atoms with Gasteiger partial charge < -0.3 is 10.6 Å². The van der Waals surface area contributed by atoms with E-state index in [4.69, 9.17) is 5.53 Å². The normalized spacial score (nSPS) is 10.2. The first-order valence-corrected chi connectivity index (χ1v) is 10.0. The summed E-state index contributed by atoms with van der Waals surface area (Å²) < 4.78 is 1.60. The van der Waals surface area contributed by atoms with Crippen LogP contribution in [0, 0.1) is 5.53 Å². The van der Waals surface area contributed by atoms with Crippen LogP contribution in [-0.2, 0) is 7.05 Å². The van der Waals surface area contributed by atoms with Gasteiger partial charge in [-0.3, -0.25) is 14.3 Å². The molecule has 0 radical (unpaired) electrons. The summed E-state index contributed by atoms with van der Waals surface area (Å²) in [5.74, 6) is -0.000614. The SMILES string of the molecule is Cn1nc(-c2ccc(NC(=O)c3ccccc3N=[N+]=N)cc2)cc1NC(=O)c1ccccc1. The molecule has 33 heavy (non-hydrogen) atoms. The van der Waals surface area contributed by atoms with Gasteiger partial charge in [0.05, 0.1) is 11.3 Å². The van der Waals surface area contributed by atoms with E-state index in [9.17, 15) is 9.59 Å². The van der Waals surface area contributed by atoms with Gasteiger partial charge in [0.2, 0.25) is 4.91 Å². The van der Waals surface area contributed by atoms with Crippen LogP contribution in [0.1, 0.15) is 20.7 Å². The standard InChI is InChI=1S/C24H19N7O2/c1-31-22(27-23(32)17-7-3-2-4-8-17)15-21(29-31)16-11-13-18(14-12-16)26-24(33)19-9-5-6-10-20(19)28-30-25/h2-15H,1H3,(H2-,25,26,27,28,29,32,33)/p+1. The van der Waals surface area contributed by atoms with Gasteiger partial charge in [0, 0.05) is 29.9 Å². The molecular formula is C24H20N7O2+. The van der Waals surface area contributed by atoms with Crippen molar-refractivity contribution < 1.29 is 9.59 Å². The lowest BCUT2D eigenvalue weighted by Gasteiger charge is -2.06. The number of hydrogen-bond acceptors (Lipinski definition) is 5. The Kier molecular flexibility index (Phi) is 6.15. The minimum Gasteiger partial charge on any atom is -0.322 e. The third-order valence-electron chi connectivity index (χ3n) is 4.90. The van der Waals surface area contributed by atoms with E-state index in [0.29, 0.717) is 34.0 Å². The molecule has 0 unspecified atom stereocenters. The molecule has 0 bridgehead atoms. The minimum absolute atomic E-state index is 0.214. The van der Waals surface area contributed by atoms with Gasteiger partial charge in [-0.2, -0.15) is 5.10 Å². The van der Waals surface area contributed by atoms with E-state index in [-0.39, 0.29) is 11.8 Å². The molecule has 0 saturated carbocycles. The number of rotatable bonds is 6. The van der Waals surface area contributed by atoms with E-state index < -0.39 is 0 Å². The van der Waals surface area contributed by atoms with Crippen LogP contribution < -0.4 is 15.5 Å². The molecule has 0 saturated heterocycles. The summed E-state index contributed by atoms with van der Waals surface area (Å²) in [6.45, 7) is 0.